The van der Waals surface area contributed by atoms with Gasteiger partial charge in [-0.2, -0.15) is 5.06 Å². The van der Waals surface area contributed by atoms with Crippen molar-refractivity contribution < 1.29 is 18.7 Å². The molecule has 5 nitrogen and oxygen atoms in total. The zero-order chi connectivity index (χ0) is 19.9. The Morgan fingerprint density at radius 3 is 2.19 bits per heavy atom. The summed E-state index contributed by atoms with van der Waals surface area (Å²) in [6, 6.07) is 16.3. The molecule has 2 aromatic carbocycles. The third-order valence-electron chi connectivity index (χ3n) is 5.03. The van der Waals surface area contributed by atoms with Crippen LogP contribution in [0.4, 0.5) is 0 Å². The first-order valence-corrected chi connectivity index (χ1v) is 11.0. The summed E-state index contributed by atoms with van der Waals surface area (Å²) >= 11 is 0. The zero-order valence-electron chi connectivity index (χ0n) is 16.0. The van der Waals surface area contributed by atoms with Crippen LogP contribution in [-0.4, -0.2) is 35.1 Å². The van der Waals surface area contributed by atoms with E-state index < -0.39 is 15.4 Å². The fraction of sp³-hybridized carbons (Fsp3) is 0.429. The van der Waals surface area contributed by atoms with Crippen molar-refractivity contribution >= 4 is 9.84 Å². The van der Waals surface area contributed by atoms with Crippen molar-refractivity contribution in [3.05, 3.63) is 60.2 Å². The lowest BCUT2D eigenvalue weighted by Crippen LogP contribution is -2.49. The summed E-state index contributed by atoms with van der Waals surface area (Å²) in [6.07, 6.45) is 3.00. The molecule has 0 fully saturated rings. The molecule has 3 rings (SSSR count). The molecule has 2 N–H and O–H groups in total. The predicted octanol–water partition coefficient (Wildman–Crippen LogP) is 4.40. The Morgan fingerprint density at radius 2 is 1.67 bits per heavy atom. The standard InChI is InChI=1S/C15H23NO4S.C6H6/c1-3-5-8-15(4-2)11-21(19,20)14-9-13(17)7-6-12(14)10-16(15)18;1-2-4-6-5-3-1/h6-7,9,17-18H,3-5,8,10-11H2,1-2H3;1-6H/t15-;/m1./s1. The van der Waals surface area contributed by atoms with Crippen LogP contribution >= 0.6 is 0 Å². The van der Waals surface area contributed by atoms with Crippen LogP contribution in [0, 0.1) is 0 Å². The maximum absolute atomic E-state index is 12.7. The Hall–Kier alpha value is -1.89. The number of hydrogen-bond donors (Lipinski definition) is 2. The van der Waals surface area contributed by atoms with Gasteiger partial charge in [0.2, 0.25) is 0 Å². The van der Waals surface area contributed by atoms with Crippen LogP contribution in [0.3, 0.4) is 0 Å². The molecule has 0 amide bonds. The highest BCUT2D eigenvalue weighted by molar-refractivity contribution is 7.91. The van der Waals surface area contributed by atoms with Gasteiger partial charge in [0.05, 0.1) is 22.7 Å². The number of unbranched alkanes of at least 4 members (excludes halogenated alkanes) is 1. The molecule has 2 aromatic rings. The van der Waals surface area contributed by atoms with Crippen molar-refractivity contribution in [3.63, 3.8) is 0 Å². The van der Waals surface area contributed by atoms with Crippen LogP contribution in [-0.2, 0) is 16.4 Å². The number of benzene rings is 2. The predicted molar refractivity (Wildman–Crippen MR) is 106 cm³/mol. The normalized spacial score (nSPS) is 21.4. The Balaban J connectivity index is 0.000000369. The van der Waals surface area contributed by atoms with Crippen molar-refractivity contribution in [3.8, 4) is 5.75 Å². The number of sulfone groups is 1. The first-order valence-electron chi connectivity index (χ1n) is 9.36. The summed E-state index contributed by atoms with van der Waals surface area (Å²) in [5.41, 5.74) is -0.231. The Bertz CT molecular complexity index is 797. The summed E-state index contributed by atoms with van der Waals surface area (Å²) in [7, 11) is -3.55. The van der Waals surface area contributed by atoms with Gasteiger partial charge in [-0.1, -0.05) is 69.2 Å². The molecular formula is C21H29NO4S. The van der Waals surface area contributed by atoms with Gasteiger partial charge in [0, 0.05) is 0 Å². The van der Waals surface area contributed by atoms with Crippen LogP contribution in [0.15, 0.2) is 59.5 Å². The third kappa shape index (κ3) is 5.31. The molecule has 1 atom stereocenters. The van der Waals surface area contributed by atoms with Crippen molar-refractivity contribution in [2.45, 2.75) is 56.5 Å². The molecule has 0 aliphatic carbocycles. The average molecular weight is 392 g/mol. The van der Waals surface area contributed by atoms with Gasteiger partial charge in [0.15, 0.2) is 9.84 Å². The molecular weight excluding hydrogens is 362 g/mol. The summed E-state index contributed by atoms with van der Waals surface area (Å²) in [4.78, 5) is 0.133. The number of aromatic hydroxyl groups is 1. The molecule has 6 heteroatoms. The number of phenols is 1. The number of phenolic OH excluding ortho intramolecular Hbond substituents is 1. The molecule has 1 heterocycles. The number of hydroxylamine groups is 2. The van der Waals surface area contributed by atoms with Gasteiger partial charge in [-0.3, -0.25) is 0 Å². The highest BCUT2D eigenvalue weighted by Crippen LogP contribution is 2.36. The van der Waals surface area contributed by atoms with E-state index >= 15 is 0 Å². The van der Waals surface area contributed by atoms with Crippen LogP contribution in [0.1, 0.15) is 45.1 Å². The molecule has 0 aromatic heterocycles. The number of rotatable bonds is 4. The van der Waals surface area contributed by atoms with E-state index in [9.17, 15) is 18.7 Å². The molecule has 0 radical (unpaired) electrons. The molecule has 27 heavy (non-hydrogen) atoms. The van der Waals surface area contributed by atoms with E-state index in [0.29, 0.717) is 18.4 Å². The van der Waals surface area contributed by atoms with Crippen molar-refractivity contribution in [1.82, 2.24) is 5.06 Å². The first-order chi connectivity index (χ1) is 12.8. The summed E-state index contributed by atoms with van der Waals surface area (Å²) in [5, 5.41) is 21.2. The van der Waals surface area contributed by atoms with Crippen molar-refractivity contribution in [2.75, 3.05) is 5.75 Å². The van der Waals surface area contributed by atoms with Crippen LogP contribution in [0.25, 0.3) is 0 Å². The van der Waals surface area contributed by atoms with Gasteiger partial charge in [0.25, 0.3) is 0 Å². The Labute approximate surface area is 162 Å². The lowest BCUT2D eigenvalue weighted by Gasteiger charge is -2.37. The minimum absolute atomic E-state index is 0.0700. The summed E-state index contributed by atoms with van der Waals surface area (Å²) in [5.74, 6) is -0.192. The highest BCUT2D eigenvalue weighted by Gasteiger charge is 2.42. The summed E-state index contributed by atoms with van der Waals surface area (Å²) in [6.45, 7) is 4.11. The maximum Gasteiger partial charge on any atom is 0.180 e. The van der Waals surface area contributed by atoms with Crippen LogP contribution < -0.4 is 0 Å². The largest absolute Gasteiger partial charge is 0.508 e. The van der Waals surface area contributed by atoms with Gasteiger partial charge < -0.3 is 10.3 Å². The van der Waals surface area contributed by atoms with E-state index in [1.807, 2.05) is 50.2 Å². The van der Waals surface area contributed by atoms with Crippen molar-refractivity contribution in [1.29, 1.82) is 0 Å². The molecule has 0 spiro atoms. The zero-order valence-corrected chi connectivity index (χ0v) is 16.8. The van der Waals surface area contributed by atoms with E-state index in [0.717, 1.165) is 12.8 Å². The second kappa shape index (κ2) is 9.35. The SMILES string of the molecule is CCCC[C@]1(CC)CS(=O)(=O)c2cc(O)ccc2CN1O.c1ccccc1. The first kappa shape index (κ1) is 21.4. The van der Waals surface area contributed by atoms with E-state index in [2.05, 4.69) is 0 Å². The van der Waals surface area contributed by atoms with Gasteiger partial charge in [-0.05, 0) is 30.5 Å². The lowest BCUT2D eigenvalue weighted by atomic mass is 9.91. The third-order valence-corrected chi connectivity index (χ3v) is 7.00. The van der Waals surface area contributed by atoms with Gasteiger partial charge in [0.1, 0.15) is 5.75 Å². The highest BCUT2D eigenvalue weighted by atomic mass is 32.2. The van der Waals surface area contributed by atoms with Gasteiger partial charge in [-0.25, -0.2) is 8.42 Å². The van der Waals surface area contributed by atoms with E-state index in [1.165, 1.54) is 17.2 Å². The Kier molecular flexibility index (Phi) is 7.41. The fourth-order valence-corrected chi connectivity index (χ4v) is 5.54. The molecule has 148 valence electrons. The molecule has 0 unspecified atom stereocenters. The molecule has 1 aliphatic rings. The van der Waals surface area contributed by atoms with Gasteiger partial charge >= 0.3 is 0 Å². The Morgan fingerprint density at radius 1 is 1.07 bits per heavy atom. The number of hydrogen-bond acceptors (Lipinski definition) is 5. The fourth-order valence-electron chi connectivity index (χ4n) is 3.35. The number of fused-ring (bicyclic) bond motifs is 1. The average Bonchev–Trinajstić information content (AvgIpc) is 2.75. The van der Waals surface area contributed by atoms with E-state index in [4.69, 9.17) is 0 Å². The smallest absolute Gasteiger partial charge is 0.180 e. The molecule has 1 aliphatic heterocycles. The summed E-state index contributed by atoms with van der Waals surface area (Å²) < 4.78 is 25.4. The molecule has 0 bridgehead atoms. The van der Waals surface area contributed by atoms with Gasteiger partial charge in [-0.15, -0.1) is 0 Å². The number of nitrogens with zero attached hydrogens (tertiary/aromatic N) is 1. The monoisotopic (exact) mass is 391 g/mol. The second-order valence-corrected chi connectivity index (χ2v) is 8.90. The second-order valence-electron chi connectivity index (χ2n) is 6.94. The van der Waals surface area contributed by atoms with E-state index in [1.54, 1.807) is 6.07 Å². The molecule has 0 saturated heterocycles. The van der Waals surface area contributed by atoms with Crippen LogP contribution in [0.2, 0.25) is 0 Å². The maximum atomic E-state index is 12.7. The topological polar surface area (TPSA) is 77.8 Å². The van der Waals surface area contributed by atoms with Crippen LogP contribution in [0.5, 0.6) is 5.75 Å². The lowest BCUT2D eigenvalue weighted by molar-refractivity contribution is -0.178. The minimum atomic E-state index is -3.55. The van der Waals surface area contributed by atoms with E-state index in [-0.39, 0.29) is 22.9 Å². The molecule has 0 saturated carbocycles. The quantitative estimate of drug-likeness (QED) is 0.808. The minimum Gasteiger partial charge on any atom is -0.508 e. The van der Waals surface area contributed by atoms with Crippen molar-refractivity contribution in [2.24, 2.45) is 0 Å².